The lowest BCUT2D eigenvalue weighted by Gasteiger charge is -2.05. The van der Waals surface area contributed by atoms with E-state index in [9.17, 15) is 9.90 Å². The van der Waals surface area contributed by atoms with Gasteiger partial charge in [0, 0.05) is 15.4 Å². The average molecular weight is 489 g/mol. The van der Waals surface area contributed by atoms with Crippen molar-refractivity contribution >= 4 is 68.2 Å². The SMILES string of the molecule is O=C(O)c1cc(C=Cc2ccc(-c3ccc(Cl)c(Cl)c3)o2)nc2ccc(Br)cc12. The molecular formula is C22H12BrCl2NO3. The Morgan fingerprint density at radius 2 is 1.83 bits per heavy atom. The first-order valence-electron chi connectivity index (χ1n) is 8.47. The molecule has 0 amide bonds. The van der Waals surface area contributed by atoms with Gasteiger partial charge in [-0.25, -0.2) is 9.78 Å². The number of hydrogen-bond acceptors (Lipinski definition) is 3. The highest BCUT2D eigenvalue weighted by Crippen LogP contribution is 2.30. The number of aromatic carboxylic acids is 1. The monoisotopic (exact) mass is 487 g/mol. The standard InChI is InChI=1S/C22H12BrCl2NO3/c23-13-2-7-20-16(10-13)17(22(27)28)11-14(26-20)3-4-15-5-8-21(29-15)12-1-6-18(24)19(25)9-12/h1-11H,(H,27,28). The van der Waals surface area contributed by atoms with Crippen LogP contribution in [0.5, 0.6) is 0 Å². The van der Waals surface area contributed by atoms with E-state index in [0.29, 0.717) is 38.2 Å². The molecule has 0 unspecified atom stereocenters. The van der Waals surface area contributed by atoms with Crippen LogP contribution in [0.15, 0.2) is 63.5 Å². The second-order valence-electron chi connectivity index (χ2n) is 6.23. The normalized spacial score (nSPS) is 11.4. The molecule has 4 rings (SSSR count). The highest BCUT2D eigenvalue weighted by Gasteiger charge is 2.12. The Morgan fingerprint density at radius 3 is 2.59 bits per heavy atom. The van der Waals surface area contributed by atoms with E-state index in [-0.39, 0.29) is 5.56 Å². The second kappa shape index (κ2) is 8.03. The van der Waals surface area contributed by atoms with Crippen molar-refractivity contribution < 1.29 is 14.3 Å². The number of aromatic nitrogens is 1. The summed E-state index contributed by atoms with van der Waals surface area (Å²) in [6, 6.07) is 15.8. The molecule has 0 aliphatic carbocycles. The molecule has 7 heteroatoms. The minimum Gasteiger partial charge on any atom is -0.478 e. The summed E-state index contributed by atoms with van der Waals surface area (Å²) >= 11 is 15.4. The lowest BCUT2D eigenvalue weighted by molar-refractivity contribution is 0.0699. The second-order valence-corrected chi connectivity index (χ2v) is 7.96. The third-order valence-corrected chi connectivity index (χ3v) is 5.50. The number of halogens is 3. The molecule has 2 aromatic heterocycles. The van der Waals surface area contributed by atoms with Crippen LogP contribution in [0.25, 0.3) is 34.4 Å². The van der Waals surface area contributed by atoms with Crippen molar-refractivity contribution in [3.63, 3.8) is 0 Å². The van der Waals surface area contributed by atoms with Crippen LogP contribution < -0.4 is 0 Å². The van der Waals surface area contributed by atoms with E-state index < -0.39 is 5.97 Å². The summed E-state index contributed by atoms with van der Waals surface area (Å²) in [5.74, 6) is 0.233. The number of rotatable bonds is 4. The predicted molar refractivity (Wildman–Crippen MR) is 119 cm³/mol. The maximum Gasteiger partial charge on any atom is 0.336 e. The topological polar surface area (TPSA) is 63.3 Å². The minimum absolute atomic E-state index is 0.187. The molecule has 1 N–H and O–H groups in total. The summed E-state index contributed by atoms with van der Waals surface area (Å²) in [6.07, 6.45) is 3.45. The fourth-order valence-corrected chi connectivity index (χ4v) is 3.55. The molecule has 4 aromatic rings. The summed E-state index contributed by atoms with van der Waals surface area (Å²) < 4.78 is 6.62. The summed E-state index contributed by atoms with van der Waals surface area (Å²) in [5, 5.41) is 11.0. The number of carboxylic acid groups (broad SMARTS) is 1. The number of furan rings is 1. The van der Waals surface area contributed by atoms with Gasteiger partial charge in [0.05, 0.1) is 26.8 Å². The molecule has 2 heterocycles. The maximum atomic E-state index is 11.7. The first kappa shape index (κ1) is 19.7. The number of carboxylic acids is 1. The van der Waals surface area contributed by atoms with Crippen LogP contribution in [0, 0.1) is 0 Å². The highest BCUT2D eigenvalue weighted by atomic mass is 79.9. The molecule has 0 saturated carbocycles. The van der Waals surface area contributed by atoms with E-state index >= 15 is 0 Å². The van der Waals surface area contributed by atoms with E-state index in [1.165, 1.54) is 6.07 Å². The van der Waals surface area contributed by atoms with Crippen LogP contribution in [0.4, 0.5) is 0 Å². The van der Waals surface area contributed by atoms with E-state index in [2.05, 4.69) is 20.9 Å². The number of fused-ring (bicyclic) bond motifs is 1. The van der Waals surface area contributed by atoms with Gasteiger partial charge in [0.25, 0.3) is 0 Å². The van der Waals surface area contributed by atoms with Crippen LogP contribution in [0.3, 0.4) is 0 Å². The third kappa shape index (κ3) is 4.22. The summed E-state index contributed by atoms with van der Waals surface area (Å²) in [5.41, 5.74) is 2.11. The van der Waals surface area contributed by atoms with Crippen molar-refractivity contribution in [3.8, 4) is 11.3 Å². The molecule has 0 fully saturated rings. The molecule has 0 radical (unpaired) electrons. The number of pyridine rings is 1. The summed E-state index contributed by atoms with van der Waals surface area (Å²) in [7, 11) is 0. The number of benzene rings is 2. The summed E-state index contributed by atoms with van der Waals surface area (Å²) in [4.78, 5) is 16.2. The van der Waals surface area contributed by atoms with Crippen LogP contribution in [0.2, 0.25) is 10.0 Å². The van der Waals surface area contributed by atoms with Gasteiger partial charge in [0.15, 0.2) is 0 Å². The fraction of sp³-hybridized carbons (Fsp3) is 0. The molecule has 0 atom stereocenters. The molecule has 29 heavy (non-hydrogen) atoms. The molecular weight excluding hydrogens is 477 g/mol. The van der Waals surface area contributed by atoms with Gasteiger partial charge in [-0.05, 0) is 66.7 Å². The molecule has 2 aromatic carbocycles. The van der Waals surface area contributed by atoms with Crippen LogP contribution in [-0.2, 0) is 0 Å². The zero-order chi connectivity index (χ0) is 20.5. The van der Waals surface area contributed by atoms with Crippen molar-refractivity contribution in [2.75, 3.05) is 0 Å². The Hall–Kier alpha value is -2.60. The van der Waals surface area contributed by atoms with Gasteiger partial charge in [-0.2, -0.15) is 0 Å². The van der Waals surface area contributed by atoms with Gasteiger partial charge in [-0.3, -0.25) is 0 Å². The number of carbonyl (C=O) groups is 1. The molecule has 0 saturated heterocycles. The lowest BCUT2D eigenvalue weighted by Crippen LogP contribution is -2.00. The molecule has 0 bridgehead atoms. The van der Waals surface area contributed by atoms with E-state index in [4.69, 9.17) is 27.6 Å². The Bertz CT molecular complexity index is 1280. The quantitative estimate of drug-likeness (QED) is 0.324. The highest BCUT2D eigenvalue weighted by molar-refractivity contribution is 9.10. The Morgan fingerprint density at radius 1 is 1.00 bits per heavy atom. The largest absolute Gasteiger partial charge is 0.478 e. The van der Waals surface area contributed by atoms with E-state index in [0.717, 1.165) is 10.0 Å². The van der Waals surface area contributed by atoms with Crippen LogP contribution >= 0.6 is 39.1 Å². The average Bonchev–Trinajstić information content (AvgIpc) is 3.17. The van der Waals surface area contributed by atoms with Crippen molar-refractivity contribution in [2.45, 2.75) is 0 Å². The zero-order valence-corrected chi connectivity index (χ0v) is 17.8. The van der Waals surface area contributed by atoms with E-state index in [1.807, 2.05) is 24.3 Å². The van der Waals surface area contributed by atoms with E-state index in [1.54, 1.807) is 36.4 Å². The first-order chi connectivity index (χ1) is 13.9. The smallest absolute Gasteiger partial charge is 0.336 e. The molecule has 0 aliphatic rings. The Kier molecular flexibility index (Phi) is 5.46. The number of hydrogen-bond donors (Lipinski definition) is 1. The fourth-order valence-electron chi connectivity index (χ4n) is 2.90. The Balaban J connectivity index is 1.66. The lowest BCUT2D eigenvalue weighted by atomic mass is 10.1. The Labute approximate surface area is 184 Å². The van der Waals surface area contributed by atoms with Gasteiger partial charge in [-0.1, -0.05) is 39.1 Å². The van der Waals surface area contributed by atoms with Crippen molar-refractivity contribution in [3.05, 3.63) is 86.1 Å². The maximum absolute atomic E-state index is 11.7. The minimum atomic E-state index is -1.01. The van der Waals surface area contributed by atoms with Gasteiger partial charge in [-0.15, -0.1) is 0 Å². The van der Waals surface area contributed by atoms with Crippen molar-refractivity contribution in [2.24, 2.45) is 0 Å². The molecule has 4 nitrogen and oxygen atoms in total. The van der Waals surface area contributed by atoms with Crippen LogP contribution in [0.1, 0.15) is 21.8 Å². The van der Waals surface area contributed by atoms with Gasteiger partial charge in [0.2, 0.25) is 0 Å². The van der Waals surface area contributed by atoms with Gasteiger partial charge >= 0.3 is 5.97 Å². The van der Waals surface area contributed by atoms with Crippen molar-refractivity contribution in [1.29, 1.82) is 0 Å². The predicted octanol–water partition coefficient (Wildman–Crippen LogP) is 7.43. The zero-order valence-electron chi connectivity index (χ0n) is 14.7. The van der Waals surface area contributed by atoms with Gasteiger partial charge < -0.3 is 9.52 Å². The van der Waals surface area contributed by atoms with Crippen molar-refractivity contribution in [1.82, 2.24) is 4.98 Å². The third-order valence-electron chi connectivity index (χ3n) is 4.27. The molecule has 0 spiro atoms. The molecule has 144 valence electrons. The molecule has 0 aliphatic heterocycles. The first-order valence-corrected chi connectivity index (χ1v) is 10.0. The summed E-state index contributed by atoms with van der Waals surface area (Å²) in [6.45, 7) is 0. The van der Waals surface area contributed by atoms with Crippen LogP contribution in [-0.4, -0.2) is 16.1 Å². The van der Waals surface area contributed by atoms with Gasteiger partial charge in [0.1, 0.15) is 11.5 Å². The number of nitrogens with zero attached hydrogens (tertiary/aromatic N) is 1.